The quantitative estimate of drug-likeness (QED) is 0.254. The molecule has 0 aliphatic heterocycles. The van der Waals surface area contributed by atoms with Gasteiger partial charge >= 0.3 is 12.1 Å². The Labute approximate surface area is 227 Å². The average molecular weight is 540 g/mol. The van der Waals surface area contributed by atoms with E-state index in [0.29, 0.717) is 43.4 Å². The second-order valence-corrected chi connectivity index (χ2v) is 8.81. The Morgan fingerprint density at radius 2 is 1.56 bits per heavy atom. The molecule has 0 bridgehead atoms. The van der Waals surface area contributed by atoms with E-state index in [-0.39, 0.29) is 25.4 Å². The summed E-state index contributed by atoms with van der Waals surface area (Å²) in [4.78, 5) is 25.8. The molecule has 1 unspecified atom stereocenters. The van der Waals surface area contributed by atoms with E-state index >= 15 is 0 Å². The number of nitrogens with zero attached hydrogens (tertiary/aromatic N) is 1. The number of aliphatic carboxylic acids is 1. The van der Waals surface area contributed by atoms with Crippen molar-refractivity contribution in [3.8, 4) is 17.2 Å². The molecule has 0 fully saturated rings. The van der Waals surface area contributed by atoms with Gasteiger partial charge in [0, 0.05) is 19.6 Å². The average Bonchev–Trinajstić information content (AvgIpc) is 2.91. The molecule has 1 atom stereocenters. The third-order valence-corrected chi connectivity index (χ3v) is 5.73. The second-order valence-electron chi connectivity index (χ2n) is 8.81. The van der Waals surface area contributed by atoms with Crippen LogP contribution in [-0.2, 0) is 16.0 Å². The van der Waals surface area contributed by atoms with E-state index in [1.54, 1.807) is 60.4 Å². The van der Waals surface area contributed by atoms with Crippen molar-refractivity contribution in [3.63, 3.8) is 0 Å². The summed E-state index contributed by atoms with van der Waals surface area (Å²) in [7, 11) is 0. The van der Waals surface area contributed by atoms with E-state index in [9.17, 15) is 19.1 Å². The van der Waals surface area contributed by atoms with Gasteiger partial charge in [0.1, 0.15) is 29.7 Å². The van der Waals surface area contributed by atoms with Crippen LogP contribution in [0.2, 0.25) is 0 Å². The Hall–Kier alpha value is -4.11. The minimum absolute atomic E-state index is 0.220. The van der Waals surface area contributed by atoms with Gasteiger partial charge in [-0.2, -0.15) is 0 Å². The lowest BCUT2D eigenvalue weighted by Crippen LogP contribution is -2.38. The maximum Gasteiger partial charge on any atom is 0.415 e. The Kier molecular flexibility index (Phi) is 11.6. The molecule has 0 heterocycles. The SMILES string of the molecule is CCOC(Cc1ccc(OCCN(CCCOc2ccc(F)cc2)C(=O)Oc2cccc(C)c2)cc1)C(=O)O. The highest BCUT2D eigenvalue weighted by Gasteiger charge is 2.18. The number of hydrogen-bond donors (Lipinski definition) is 1. The summed E-state index contributed by atoms with van der Waals surface area (Å²) in [5.41, 5.74) is 1.79. The molecular formula is C30H34FNO7. The molecule has 8 nitrogen and oxygen atoms in total. The molecule has 0 aliphatic carbocycles. The Bertz CT molecular complexity index is 1180. The minimum atomic E-state index is -1.00. The zero-order valence-electron chi connectivity index (χ0n) is 22.2. The van der Waals surface area contributed by atoms with Gasteiger partial charge in [-0.15, -0.1) is 0 Å². The van der Waals surface area contributed by atoms with Crippen LogP contribution in [0.1, 0.15) is 24.5 Å². The Morgan fingerprint density at radius 1 is 0.897 bits per heavy atom. The molecule has 3 rings (SSSR count). The monoisotopic (exact) mass is 539 g/mol. The summed E-state index contributed by atoms with van der Waals surface area (Å²) in [5.74, 6) is 0.257. The van der Waals surface area contributed by atoms with Gasteiger partial charge in [0.15, 0.2) is 6.10 Å². The molecule has 0 radical (unpaired) electrons. The van der Waals surface area contributed by atoms with E-state index in [0.717, 1.165) is 11.1 Å². The van der Waals surface area contributed by atoms with Crippen molar-refractivity contribution in [2.75, 3.05) is 32.9 Å². The first-order valence-electron chi connectivity index (χ1n) is 12.8. The van der Waals surface area contributed by atoms with Crippen molar-refractivity contribution in [3.05, 3.63) is 89.7 Å². The summed E-state index contributed by atoms with van der Waals surface area (Å²) in [6, 6.07) is 20.1. The normalized spacial score (nSPS) is 11.5. The minimum Gasteiger partial charge on any atom is -0.494 e. The lowest BCUT2D eigenvalue weighted by atomic mass is 10.1. The lowest BCUT2D eigenvalue weighted by molar-refractivity contribution is -0.149. The number of halogens is 1. The molecule has 0 aromatic heterocycles. The number of amides is 1. The number of ether oxygens (including phenoxy) is 4. The van der Waals surface area contributed by atoms with Gasteiger partial charge in [-0.05, 0) is 79.9 Å². The molecule has 0 spiro atoms. The predicted octanol–water partition coefficient (Wildman–Crippen LogP) is 5.52. The molecule has 3 aromatic carbocycles. The van der Waals surface area contributed by atoms with Gasteiger partial charge in [0.2, 0.25) is 0 Å². The first kappa shape index (κ1) is 29.4. The van der Waals surface area contributed by atoms with Crippen molar-refractivity contribution >= 4 is 12.1 Å². The van der Waals surface area contributed by atoms with Gasteiger partial charge in [-0.1, -0.05) is 24.3 Å². The highest BCUT2D eigenvalue weighted by molar-refractivity contribution is 5.72. The molecule has 208 valence electrons. The Balaban J connectivity index is 1.54. The van der Waals surface area contributed by atoms with Crippen molar-refractivity contribution < 1.29 is 38.0 Å². The molecule has 0 aliphatic rings. The van der Waals surface area contributed by atoms with Crippen LogP contribution in [0.4, 0.5) is 9.18 Å². The van der Waals surface area contributed by atoms with E-state index in [1.807, 2.05) is 19.1 Å². The number of hydrogen-bond acceptors (Lipinski definition) is 6. The van der Waals surface area contributed by atoms with Crippen LogP contribution < -0.4 is 14.2 Å². The number of benzene rings is 3. The molecule has 9 heteroatoms. The summed E-state index contributed by atoms with van der Waals surface area (Å²) in [6.45, 7) is 5.18. The number of carboxylic acid groups (broad SMARTS) is 1. The van der Waals surface area contributed by atoms with Crippen molar-refractivity contribution in [2.45, 2.75) is 32.8 Å². The Morgan fingerprint density at radius 3 is 2.21 bits per heavy atom. The molecule has 0 saturated heterocycles. The third kappa shape index (κ3) is 10.3. The zero-order chi connectivity index (χ0) is 28.0. The first-order valence-corrected chi connectivity index (χ1v) is 12.8. The fourth-order valence-corrected chi connectivity index (χ4v) is 3.74. The van der Waals surface area contributed by atoms with E-state index in [4.69, 9.17) is 18.9 Å². The molecule has 39 heavy (non-hydrogen) atoms. The zero-order valence-corrected chi connectivity index (χ0v) is 22.2. The van der Waals surface area contributed by atoms with Crippen LogP contribution in [0.15, 0.2) is 72.8 Å². The van der Waals surface area contributed by atoms with Crippen LogP contribution in [0.5, 0.6) is 17.2 Å². The van der Waals surface area contributed by atoms with Gasteiger partial charge in [-0.25, -0.2) is 14.0 Å². The summed E-state index contributed by atoms with van der Waals surface area (Å²) >= 11 is 0. The molecular weight excluding hydrogens is 505 g/mol. The van der Waals surface area contributed by atoms with Crippen LogP contribution in [0, 0.1) is 12.7 Å². The highest BCUT2D eigenvalue weighted by atomic mass is 19.1. The number of carbonyl (C=O) groups excluding carboxylic acids is 1. The maximum absolute atomic E-state index is 13.1. The van der Waals surface area contributed by atoms with E-state index < -0.39 is 18.2 Å². The van der Waals surface area contributed by atoms with E-state index in [2.05, 4.69) is 0 Å². The van der Waals surface area contributed by atoms with Crippen LogP contribution in [0.3, 0.4) is 0 Å². The number of rotatable bonds is 15. The highest BCUT2D eigenvalue weighted by Crippen LogP contribution is 2.17. The topological polar surface area (TPSA) is 94.5 Å². The molecule has 0 saturated carbocycles. The molecule has 1 amide bonds. The summed E-state index contributed by atoms with van der Waals surface area (Å²) in [6.07, 6.45) is -0.625. The van der Waals surface area contributed by atoms with Gasteiger partial charge < -0.3 is 29.0 Å². The fraction of sp³-hybridized carbons (Fsp3) is 0.333. The van der Waals surface area contributed by atoms with Crippen molar-refractivity contribution in [2.24, 2.45) is 0 Å². The number of carboxylic acids is 1. The van der Waals surface area contributed by atoms with Crippen LogP contribution in [0.25, 0.3) is 0 Å². The maximum atomic E-state index is 13.1. The van der Waals surface area contributed by atoms with Crippen LogP contribution in [-0.4, -0.2) is 61.1 Å². The van der Waals surface area contributed by atoms with Crippen LogP contribution >= 0.6 is 0 Å². The van der Waals surface area contributed by atoms with Gasteiger partial charge in [0.05, 0.1) is 13.2 Å². The smallest absolute Gasteiger partial charge is 0.415 e. The summed E-state index contributed by atoms with van der Waals surface area (Å²) < 4.78 is 35.4. The predicted molar refractivity (Wildman–Crippen MR) is 144 cm³/mol. The lowest BCUT2D eigenvalue weighted by Gasteiger charge is -2.22. The van der Waals surface area contributed by atoms with E-state index in [1.165, 1.54) is 12.1 Å². The molecule has 3 aromatic rings. The largest absolute Gasteiger partial charge is 0.494 e. The van der Waals surface area contributed by atoms with Gasteiger partial charge in [0.25, 0.3) is 0 Å². The van der Waals surface area contributed by atoms with Crippen molar-refractivity contribution in [1.82, 2.24) is 4.90 Å². The molecule has 1 N–H and O–H groups in total. The van der Waals surface area contributed by atoms with Crippen molar-refractivity contribution in [1.29, 1.82) is 0 Å². The summed E-state index contributed by atoms with van der Waals surface area (Å²) in [5, 5.41) is 9.27. The standard InChI is InChI=1S/C30H34FNO7/c1-3-36-28(29(33)34)21-23-8-12-25(13-9-23)38-19-17-32(30(35)39-27-7-4-6-22(2)20-27)16-5-18-37-26-14-10-24(31)11-15-26/h4,6-15,20,28H,3,5,16-19,21H2,1-2H3,(H,33,34). The third-order valence-electron chi connectivity index (χ3n) is 5.73. The first-order chi connectivity index (χ1) is 18.8. The fourth-order valence-electron chi connectivity index (χ4n) is 3.74. The second kappa shape index (κ2) is 15.3. The van der Waals surface area contributed by atoms with Gasteiger partial charge in [-0.3, -0.25) is 0 Å². The number of aryl methyl sites for hydroxylation is 1. The number of carbonyl (C=O) groups is 2.